The molecule has 2 rings (SSSR count). The standard InChI is InChI=1S/C15H21NO4S/c1-2-4-12-5-7-13(8-6-12)21(19,20)16-15(9-3-10-15)11-14(17)18/h5-8,16H,2-4,9-11H2,1H3,(H,17,18). The van der Waals surface area contributed by atoms with E-state index in [2.05, 4.69) is 11.6 Å². The van der Waals surface area contributed by atoms with E-state index >= 15 is 0 Å². The molecule has 116 valence electrons. The molecular formula is C15H21NO4S. The zero-order valence-electron chi connectivity index (χ0n) is 12.1. The van der Waals surface area contributed by atoms with E-state index < -0.39 is 21.5 Å². The molecule has 0 saturated heterocycles. The fourth-order valence-corrected chi connectivity index (χ4v) is 4.13. The highest BCUT2D eigenvalue weighted by atomic mass is 32.2. The Labute approximate surface area is 125 Å². The van der Waals surface area contributed by atoms with E-state index in [4.69, 9.17) is 5.11 Å². The van der Waals surface area contributed by atoms with E-state index in [0.29, 0.717) is 12.8 Å². The first kappa shape index (κ1) is 16.0. The highest BCUT2D eigenvalue weighted by Crippen LogP contribution is 2.36. The van der Waals surface area contributed by atoms with E-state index in [1.165, 1.54) is 0 Å². The lowest BCUT2D eigenvalue weighted by molar-refractivity contribution is -0.139. The third kappa shape index (κ3) is 3.83. The minimum Gasteiger partial charge on any atom is -0.481 e. The van der Waals surface area contributed by atoms with Crippen LogP contribution in [0, 0.1) is 0 Å². The van der Waals surface area contributed by atoms with Crippen LogP contribution in [0.5, 0.6) is 0 Å². The van der Waals surface area contributed by atoms with Gasteiger partial charge in [-0.2, -0.15) is 0 Å². The van der Waals surface area contributed by atoms with Gasteiger partial charge in [-0.1, -0.05) is 25.5 Å². The maximum atomic E-state index is 12.4. The molecule has 5 nitrogen and oxygen atoms in total. The van der Waals surface area contributed by atoms with E-state index in [1.807, 2.05) is 12.1 Å². The van der Waals surface area contributed by atoms with E-state index in [-0.39, 0.29) is 11.3 Å². The first-order valence-electron chi connectivity index (χ1n) is 7.22. The van der Waals surface area contributed by atoms with Gasteiger partial charge in [-0.3, -0.25) is 4.79 Å². The molecule has 6 heteroatoms. The van der Waals surface area contributed by atoms with Crippen LogP contribution in [0.15, 0.2) is 29.2 Å². The molecule has 1 aromatic rings. The number of hydrogen-bond donors (Lipinski definition) is 2. The van der Waals surface area contributed by atoms with E-state index in [0.717, 1.165) is 24.8 Å². The smallest absolute Gasteiger partial charge is 0.305 e. The summed E-state index contributed by atoms with van der Waals surface area (Å²) in [5.74, 6) is -0.976. The maximum absolute atomic E-state index is 12.4. The average Bonchev–Trinajstić information content (AvgIpc) is 2.36. The fraction of sp³-hybridized carbons (Fsp3) is 0.533. The molecule has 1 fully saturated rings. The van der Waals surface area contributed by atoms with Gasteiger partial charge in [0.25, 0.3) is 0 Å². The minimum absolute atomic E-state index is 0.167. The summed E-state index contributed by atoms with van der Waals surface area (Å²) in [6.45, 7) is 2.07. The Morgan fingerprint density at radius 1 is 1.29 bits per heavy atom. The zero-order chi connectivity index (χ0) is 15.5. The number of carboxylic acid groups (broad SMARTS) is 1. The van der Waals surface area contributed by atoms with Crippen molar-refractivity contribution in [3.63, 3.8) is 0 Å². The second-order valence-corrected chi connectivity index (χ2v) is 7.39. The average molecular weight is 311 g/mol. The normalized spacial score (nSPS) is 17.2. The number of carboxylic acids is 1. The van der Waals surface area contributed by atoms with Crippen molar-refractivity contribution in [1.82, 2.24) is 4.72 Å². The molecule has 1 aliphatic rings. The van der Waals surface area contributed by atoms with Crippen molar-refractivity contribution >= 4 is 16.0 Å². The molecule has 0 spiro atoms. The molecule has 1 aromatic carbocycles. The monoisotopic (exact) mass is 311 g/mol. The summed E-state index contributed by atoms with van der Waals surface area (Å²) in [6.07, 6.45) is 3.76. The van der Waals surface area contributed by atoms with Crippen LogP contribution in [0.2, 0.25) is 0 Å². The van der Waals surface area contributed by atoms with Crippen LogP contribution in [0.4, 0.5) is 0 Å². The van der Waals surface area contributed by atoms with Crippen LogP contribution in [-0.4, -0.2) is 25.0 Å². The summed E-state index contributed by atoms with van der Waals surface area (Å²) in [7, 11) is -3.67. The second kappa shape index (κ2) is 6.15. The molecule has 1 saturated carbocycles. The van der Waals surface area contributed by atoms with Crippen LogP contribution in [0.25, 0.3) is 0 Å². The topological polar surface area (TPSA) is 83.5 Å². The van der Waals surface area contributed by atoms with Crippen molar-refractivity contribution in [1.29, 1.82) is 0 Å². The molecule has 0 bridgehead atoms. The summed E-state index contributed by atoms with van der Waals surface area (Å²) in [5, 5.41) is 8.94. The molecule has 0 radical (unpaired) electrons. The zero-order valence-corrected chi connectivity index (χ0v) is 12.9. The van der Waals surface area contributed by atoms with Crippen LogP contribution in [0.1, 0.15) is 44.6 Å². The van der Waals surface area contributed by atoms with Crippen LogP contribution in [0.3, 0.4) is 0 Å². The molecule has 0 aliphatic heterocycles. The number of benzene rings is 1. The summed E-state index contributed by atoms with van der Waals surface area (Å²) < 4.78 is 27.4. The molecule has 0 heterocycles. The Bertz CT molecular complexity index is 603. The van der Waals surface area contributed by atoms with Crippen molar-refractivity contribution in [2.24, 2.45) is 0 Å². The third-order valence-electron chi connectivity index (χ3n) is 3.92. The number of hydrogen-bond acceptors (Lipinski definition) is 3. The van der Waals surface area contributed by atoms with Crippen molar-refractivity contribution < 1.29 is 18.3 Å². The van der Waals surface area contributed by atoms with Crippen molar-refractivity contribution in [2.45, 2.75) is 55.9 Å². The Hall–Kier alpha value is -1.40. The van der Waals surface area contributed by atoms with Crippen molar-refractivity contribution in [3.8, 4) is 0 Å². The summed E-state index contributed by atoms with van der Waals surface area (Å²) >= 11 is 0. The van der Waals surface area contributed by atoms with Gasteiger partial charge in [0, 0.05) is 5.54 Å². The highest BCUT2D eigenvalue weighted by molar-refractivity contribution is 7.89. The molecule has 0 aromatic heterocycles. The summed E-state index contributed by atoms with van der Waals surface area (Å²) in [5.41, 5.74) is 0.285. The quantitative estimate of drug-likeness (QED) is 0.809. The number of rotatable bonds is 7. The molecule has 1 aliphatic carbocycles. The summed E-state index contributed by atoms with van der Waals surface area (Å²) in [4.78, 5) is 11.1. The molecule has 21 heavy (non-hydrogen) atoms. The molecule has 0 amide bonds. The van der Waals surface area contributed by atoms with Gasteiger partial charge < -0.3 is 5.11 Å². The van der Waals surface area contributed by atoms with Gasteiger partial charge >= 0.3 is 5.97 Å². The highest BCUT2D eigenvalue weighted by Gasteiger charge is 2.42. The van der Waals surface area contributed by atoms with Gasteiger partial charge in [0.1, 0.15) is 0 Å². The van der Waals surface area contributed by atoms with Gasteiger partial charge in [0.15, 0.2) is 0 Å². The number of nitrogens with one attached hydrogen (secondary N) is 1. The molecule has 0 atom stereocenters. The lowest BCUT2D eigenvalue weighted by Crippen LogP contribution is -2.54. The first-order valence-corrected chi connectivity index (χ1v) is 8.70. The fourth-order valence-electron chi connectivity index (χ4n) is 2.68. The lowest BCUT2D eigenvalue weighted by atomic mass is 9.75. The predicted octanol–water partition coefficient (Wildman–Crippen LogP) is 2.31. The van der Waals surface area contributed by atoms with E-state index in [1.54, 1.807) is 12.1 Å². The number of sulfonamides is 1. The molecule has 0 unspecified atom stereocenters. The molecule has 2 N–H and O–H groups in total. The Balaban J connectivity index is 2.15. The van der Waals surface area contributed by atoms with Gasteiger partial charge in [-0.15, -0.1) is 0 Å². The predicted molar refractivity (Wildman–Crippen MR) is 79.6 cm³/mol. The number of aliphatic carboxylic acids is 1. The number of aryl methyl sites for hydroxylation is 1. The maximum Gasteiger partial charge on any atom is 0.305 e. The van der Waals surface area contributed by atoms with Gasteiger partial charge in [-0.25, -0.2) is 13.1 Å². The number of carbonyl (C=O) groups is 1. The van der Waals surface area contributed by atoms with Gasteiger partial charge in [-0.05, 0) is 43.4 Å². The summed E-state index contributed by atoms with van der Waals surface area (Å²) in [6, 6.07) is 6.78. The lowest BCUT2D eigenvalue weighted by Gasteiger charge is -2.40. The van der Waals surface area contributed by atoms with E-state index in [9.17, 15) is 13.2 Å². The largest absolute Gasteiger partial charge is 0.481 e. The van der Waals surface area contributed by atoms with Crippen LogP contribution in [-0.2, 0) is 21.2 Å². The second-order valence-electron chi connectivity index (χ2n) is 5.70. The van der Waals surface area contributed by atoms with Crippen LogP contribution < -0.4 is 4.72 Å². The van der Waals surface area contributed by atoms with Crippen molar-refractivity contribution in [3.05, 3.63) is 29.8 Å². The van der Waals surface area contributed by atoms with Gasteiger partial charge in [0.2, 0.25) is 10.0 Å². The first-order chi connectivity index (χ1) is 9.87. The van der Waals surface area contributed by atoms with Crippen molar-refractivity contribution in [2.75, 3.05) is 0 Å². The Kier molecular flexibility index (Phi) is 4.68. The SMILES string of the molecule is CCCc1ccc(S(=O)(=O)NC2(CC(=O)O)CCC2)cc1. The third-order valence-corrected chi connectivity index (χ3v) is 5.52. The Morgan fingerprint density at radius 3 is 2.33 bits per heavy atom. The molecular weight excluding hydrogens is 290 g/mol. The Morgan fingerprint density at radius 2 is 1.90 bits per heavy atom. The minimum atomic E-state index is -3.67. The van der Waals surface area contributed by atoms with Gasteiger partial charge in [0.05, 0.1) is 11.3 Å². The van der Waals surface area contributed by atoms with Crippen LogP contribution >= 0.6 is 0 Å².